The van der Waals surface area contributed by atoms with E-state index in [1.54, 1.807) is 48.5 Å². The molecule has 6 heteroatoms. The Balaban J connectivity index is 1.38. The molecular formula is C25H25N3O3. The minimum Gasteiger partial charge on any atom is -0.350 e. The van der Waals surface area contributed by atoms with Crippen LogP contribution in [0, 0.1) is 0 Å². The number of nitrogens with one attached hydrogen (secondary N) is 3. The van der Waals surface area contributed by atoms with E-state index in [9.17, 15) is 14.4 Å². The van der Waals surface area contributed by atoms with E-state index in [1.165, 1.54) is 0 Å². The van der Waals surface area contributed by atoms with Crippen molar-refractivity contribution in [2.45, 2.75) is 12.8 Å². The van der Waals surface area contributed by atoms with Gasteiger partial charge in [0.05, 0.1) is 0 Å². The molecule has 0 spiro atoms. The molecule has 31 heavy (non-hydrogen) atoms. The molecule has 158 valence electrons. The Morgan fingerprint density at radius 1 is 0.613 bits per heavy atom. The van der Waals surface area contributed by atoms with Crippen molar-refractivity contribution in [3.8, 4) is 0 Å². The number of carbonyl (C=O) groups excluding carboxylic acids is 3. The fourth-order valence-electron chi connectivity index (χ4n) is 2.98. The Kier molecular flexibility index (Phi) is 7.94. The fourth-order valence-corrected chi connectivity index (χ4v) is 2.98. The van der Waals surface area contributed by atoms with Crippen LogP contribution >= 0.6 is 0 Å². The van der Waals surface area contributed by atoms with Crippen molar-refractivity contribution >= 4 is 23.4 Å². The summed E-state index contributed by atoms with van der Waals surface area (Å²) in [5.41, 5.74) is 2.82. The SMILES string of the molecule is O=C(CCc1ccccc1)Nc1ccc(C(=O)NCCNC(=O)c2ccccc2)cc1. The number of anilines is 1. The smallest absolute Gasteiger partial charge is 0.251 e. The number of hydrogen-bond donors (Lipinski definition) is 3. The Hall–Kier alpha value is -3.93. The molecule has 3 amide bonds. The van der Waals surface area contributed by atoms with Crippen LogP contribution < -0.4 is 16.0 Å². The van der Waals surface area contributed by atoms with Crippen LogP contribution in [0.15, 0.2) is 84.9 Å². The van der Waals surface area contributed by atoms with Crippen molar-refractivity contribution in [1.82, 2.24) is 10.6 Å². The molecular weight excluding hydrogens is 390 g/mol. The summed E-state index contributed by atoms with van der Waals surface area (Å²) >= 11 is 0. The number of hydrogen-bond acceptors (Lipinski definition) is 3. The predicted octanol–water partition coefficient (Wildman–Crippen LogP) is 3.42. The average molecular weight is 415 g/mol. The number of carbonyl (C=O) groups is 3. The molecule has 3 aromatic carbocycles. The summed E-state index contributed by atoms with van der Waals surface area (Å²) in [5, 5.41) is 8.36. The number of benzene rings is 3. The highest BCUT2D eigenvalue weighted by molar-refractivity contribution is 5.96. The van der Waals surface area contributed by atoms with Crippen LogP contribution in [0.5, 0.6) is 0 Å². The monoisotopic (exact) mass is 415 g/mol. The first-order chi connectivity index (χ1) is 15.1. The van der Waals surface area contributed by atoms with Crippen LogP contribution in [0.2, 0.25) is 0 Å². The Morgan fingerprint density at radius 2 is 1.13 bits per heavy atom. The van der Waals surface area contributed by atoms with E-state index in [-0.39, 0.29) is 17.7 Å². The van der Waals surface area contributed by atoms with Gasteiger partial charge in [0, 0.05) is 36.3 Å². The molecule has 0 radical (unpaired) electrons. The average Bonchev–Trinajstić information content (AvgIpc) is 2.82. The second-order valence-electron chi connectivity index (χ2n) is 6.99. The van der Waals surface area contributed by atoms with E-state index in [0.29, 0.717) is 42.7 Å². The minimum absolute atomic E-state index is 0.0739. The van der Waals surface area contributed by atoms with Crippen molar-refractivity contribution in [2.75, 3.05) is 18.4 Å². The first-order valence-corrected chi connectivity index (χ1v) is 10.2. The molecule has 0 aliphatic carbocycles. The lowest BCUT2D eigenvalue weighted by Crippen LogP contribution is -2.34. The zero-order chi connectivity index (χ0) is 21.9. The van der Waals surface area contributed by atoms with E-state index in [1.807, 2.05) is 36.4 Å². The second kappa shape index (κ2) is 11.3. The van der Waals surface area contributed by atoms with Gasteiger partial charge in [0.25, 0.3) is 11.8 Å². The van der Waals surface area contributed by atoms with Gasteiger partial charge >= 0.3 is 0 Å². The molecule has 3 aromatic rings. The van der Waals surface area contributed by atoms with E-state index >= 15 is 0 Å². The maximum atomic E-state index is 12.2. The van der Waals surface area contributed by atoms with Crippen LogP contribution in [-0.2, 0) is 11.2 Å². The molecule has 0 saturated heterocycles. The van der Waals surface area contributed by atoms with Crippen LogP contribution in [0.25, 0.3) is 0 Å². The maximum absolute atomic E-state index is 12.2. The standard InChI is InChI=1S/C25H25N3O3/c29-23(16-11-19-7-3-1-4-8-19)28-22-14-12-21(13-15-22)25(31)27-18-17-26-24(30)20-9-5-2-6-10-20/h1-10,12-15H,11,16-18H2,(H,26,30)(H,27,31)(H,28,29). The highest BCUT2D eigenvalue weighted by Gasteiger charge is 2.08. The van der Waals surface area contributed by atoms with Crippen molar-refractivity contribution in [3.05, 3.63) is 102 Å². The molecule has 0 aromatic heterocycles. The number of aryl methyl sites for hydroxylation is 1. The quantitative estimate of drug-likeness (QED) is 0.468. The van der Waals surface area contributed by atoms with Crippen molar-refractivity contribution in [1.29, 1.82) is 0 Å². The molecule has 0 aliphatic heterocycles. The Labute approximate surface area is 181 Å². The molecule has 0 fully saturated rings. The lowest BCUT2D eigenvalue weighted by Gasteiger charge is -2.09. The van der Waals surface area contributed by atoms with Gasteiger partial charge in [0.2, 0.25) is 5.91 Å². The summed E-state index contributed by atoms with van der Waals surface area (Å²) in [4.78, 5) is 36.3. The minimum atomic E-state index is -0.240. The van der Waals surface area contributed by atoms with Gasteiger partial charge in [-0.25, -0.2) is 0 Å². The number of amides is 3. The number of rotatable bonds is 9. The molecule has 3 N–H and O–H groups in total. The summed E-state index contributed by atoms with van der Waals surface area (Å²) < 4.78 is 0. The highest BCUT2D eigenvalue weighted by Crippen LogP contribution is 2.11. The molecule has 0 bridgehead atoms. The van der Waals surface area contributed by atoms with Gasteiger partial charge in [-0.3, -0.25) is 14.4 Å². The molecule has 0 heterocycles. The summed E-state index contributed by atoms with van der Waals surface area (Å²) in [6.45, 7) is 0.643. The van der Waals surface area contributed by atoms with Gasteiger partial charge in [0.1, 0.15) is 0 Å². The van der Waals surface area contributed by atoms with Gasteiger partial charge in [0.15, 0.2) is 0 Å². The van der Waals surface area contributed by atoms with Crippen LogP contribution in [0.4, 0.5) is 5.69 Å². The molecule has 0 aliphatic rings. The molecule has 0 unspecified atom stereocenters. The largest absolute Gasteiger partial charge is 0.350 e. The topological polar surface area (TPSA) is 87.3 Å². The summed E-state index contributed by atoms with van der Waals surface area (Å²) in [6, 6.07) is 25.5. The van der Waals surface area contributed by atoms with Crippen molar-refractivity contribution in [2.24, 2.45) is 0 Å². The van der Waals surface area contributed by atoms with Gasteiger partial charge in [-0.2, -0.15) is 0 Å². The summed E-state index contributed by atoms with van der Waals surface area (Å²) in [5.74, 6) is -0.492. The lowest BCUT2D eigenvalue weighted by molar-refractivity contribution is -0.116. The van der Waals surface area contributed by atoms with Crippen LogP contribution in [0.1, 0.15) is 32.7 Å². The van der Waals surface area contributed by atoms with E-state index < -0.39 is 0 Å². The van der Waals surface area contributed by atoms with Crippen molar-refractivity contribution < 1.29 is 14.4 Å². The third kappa shape index (κ3) is 7.12. The Morgan fingerprint density at radius 3 is 1.71 bits per heavy atom. The molecule has 3 rings (SSSR count). The van der Waals surface area contributed by atoms with Gasteiger partial charge in [-0.1, -0.05) is 48.5 Å². The third-order valence-corrected chi connectivity index (χ3v) is 4.65. The first-order valence-electron chi connectivity index (χ1n) is 10.2. The fraction of sp³-hybridized carbons (Fsp3) is 0.160. The van der Waals surface area contributed by atoms with Crippen LogP contribution in [-0.4, -0.2) is 30.8 Å². The first kappa shape index (κ1) is 21.8. The van der Waals surface area contributed by atoms with Crippen molar-refractivity contribution in [3.63, 3.8) is 0 Å². The molecule has 0 atom stereocenters. The summed E-state index contributed by atoms with van der Waals surface area (Å²) in [7, 11) is 0. The second-order valence-corrected chi connectivity index (χ2v) is 6.99. The predicted molar refractivity (Wildman–Crippen MR) is 121 cm³/mol. The normalized spacial score (nSPS) is 10.2. The Bertz CT molecular complexity index is 1000. The van der Waals surface area contributed by atoms with Crippen LogP contribution in [0.3, 0.4) is 0 Å². The zero-order valence-electron chi connectivity index (χ0n) is 17.1. The zero-order valence-corrected chi connectivity index (χ0v) is 17.1. The molecule has 0 saturated carbocycles. The van der Waals surface area contributed by atoms with Gasteiger partial charge in [-0.15, -0.1) is 0 Å². The van der Waals surface area contributed by atoms with E-state index in [2.05, 4.69) is 16.0 Å². The summed E-state index contributed by atoms with van der Waals surface area (Å²) in [6.07, 6.45) is 1.06. The van der Waals surface area contributed by atoms with E-state index in [4.69, 9.17) is 0 Å². The van der Waals surface area contributed by atoms with Gasteiger partial charge < -0.3 is 16.0 Å². The highest BCUT2D eigenvalue weighted by atomic mass is 16.2. The van der Waals surface area contributed by atoms with Gasteiger partial charge in [-0.05, 0) is 48.4 Å². The third-order valence-electron chi connectivity index (χ3n) is 4.65. The molecule has 6 nitrogen and oxygen atoms in total. The maximum Gasteiger partial charge on any atom is 0.251 e. The lowest BCUT2D eigenvalue weighted by atomic mass is 10.1. The van der Waals surface area contributed by atoms with E-state index in [0.717, 1.165) is 5.56 Å².